The number of anilines is 2. The molecule has 7 heteroatoms. The fourth-order valence-electron chi connectivity index (χ4n) is 3.17. The summed E-state index contributed by atoms with van der Waals surface area (Å²) in [6, 6.07) is 13.5. The lowest BCUT2D eigenvalue weighted by Gasteiger charge is -2.21. The number of hydrogen-bond acceptors (Lipinski definition) is 4. The molecular formula is C20H25N3O3S. The Morgan fingerprint density at radius 3 is 2.26 bits per heavy atom. The summed E-state index contributed by atoms with van der Waals surface area (Å²) in [5, 5.41) is 2.95. The summed E-state index contributed by atoms with van der Waals surface area (Å²) < 4.78 is 26.9. The largest absolute Gasteiger partial charge is 0.370 e. The zero-order valence-corrected chi connectivity index (χ0v) is 16.4. The Hall–Kier alpha value is -2.38. The van der Waals surface area contributed by atoms with E-state index in [1.165, 1.54) is 24.3 Å². The molecule has 0 aromatic heterocycles. The predicted molar refractivity (Wildman–Crippen MR) is 108 cm³/mol. The topological polar surface area (TPSA) is 78.5 Å². The normalized spacial score (nSPS) is 14.6. The zero-order valence-electron chi connectivity index (χ0n) is 15.6. The molecule has 1 fully saturated rings. The number of rotatable bonds is 6. The van der Waals surface area contributed by atoms with Crippen LogP contribution in [-0.4, -0.2) is 33.5 Å². The van der Waals surface area contributed by atoms with E-state index in [-0.39, 0.29) is 16.8 Å². The van der Waals surface area contributed by atoms with Crippen LogP contribution in [0.1, 0.15) is 37.0 Å². The smallest absolute Gasteiger partial charge is 0.255 e. The van der Waals surface area contributed by atoms with E-state index >= 15 is 0 Å². The van der Waals surface area contributed by atoms with E-state index in [9.17, 15) is 13.2 Å². The first-order valence-electron chi connectivity index (χ1n) is 9.14. The highest BCUT2D eigenvalue weighted by Crippen LogP contribution is 2.29. The fraction of sp³-hybridized carbons (Fsp3) is 0.350. The average Bonchev–Trinajstić information content (AvgIpc) is 3.16. The van der Waals surface area contributed by atoms with Crippen molar-refractivity contribution in [3.63, 3.8) is 0 Å². The van der Waals surface area contributed by atoms with Crippen LogP contribution in [0, 0.1) is 0 Å². The van der Waals surface area contributed by atoms with E-state index in [1.54, 1.807) is 13.8 Å². The first-order valence-corrected chi connectivity index (χ1v) is 10.6. The predicted octanol–water partition coefficient (Wildman–Crippen LogP) is 3.23. The average molecular weight is 388 g/mol. The van der Waals surface area contributed by atoms with E-state index in [2.05, 4.69) is 14.9 Å². The molecule has 0 aliphatic carbocycles. The Balaban J connectivity index is 1.76. The summed E-state index contributed by atoms with van der Waals surface area (Å²) in [4.78, 5) is 15.0. The summed E-state index contributed by atoms with van der Waals surface area (Å²) in [7, 11) is -3.57. The Labute approximate surface area is 160 Å². The van der Waals surface area contributed by atoms with E-state index < -0.39 is 10.0 Å². The number of amides is 1. The number of nitrogens with zero attached hydrogens (tertiary/aromatic N) is 1. The van der Waals surface area contributed by atoms with Gasteiger partial charge in [0, 0.05) is 24.7 Å². The Kier molecular flexibility index (Phi) is 5.82. The monoisotopic (exact) mass is 387 g/mol. The van der Waals surface area contributed by atoms with Gasteiger partial charge in [-0.15, -0.1) is 0 Å². The molecular weight excluding hydrogens is 362 g/mol. The van der Waals surface area contributed by atoms with Crippen molar-refractivity contribution < 1.29 is 13.2 Å². The maximum absolute atomic E-state index is 12.6. The van der Waals surface area contributed by atoms with Gasteiger partial charge in [0.25, 0.3) is 5.91 Å². The molecule has 1 aliphatic heterocycles. The lowest BCUT2D eigenvalue weighted by atomic mass is 10.2. The number of nitrogens with one attached hydrogen (secondary N) is 2. The van der Waals surface area contributed by atoms with Crippen molar-refractivity contribution in [3.8, 4) is 0 Å². The van der Waals surface area contributed by atoms with E-state index in [0.29, 0.717) is 5.56 Å². The van der Waals surface area contributed by atoms with Crippen LogP contribution >= 0.6 is 0 Å². The minimum absolute atomic E-state index is 0.144. The van der Waals surface area contributed by atoms with Gasteiger partial charge in [-0.25, -0.2) is 13.1 Å². The maximum Gasteiger partial charge on any atom is 0.255 e. The highest BCUT2D eigenvalue weighted by molar-refractivity contribution is 7.89. The van der Waals surface area contributed by atoms with Gasteiger partial charge in [-0.1, -0.05) is 12.1 Å². The van der Waals surface area contributed by atoms with Crippen molar-refractivity contribution in [2.24, 2.45) is 0 Å². The number of carbonyl (C=O) groups is 1. The van der Waals surface area contributed by atoms with Gasteiger partial charge in [0.15, 0.2) is 0 Å². The molecule has 2 N–H and O–H groups in total. The maximum atomic E-state index is 12.6. The summed E-state index contributed by atoms with van der Waals surface area (Å²) in [6.07, 6.45) is 2.31. The molecule has 0 unspecified atom stereocenters. The van der Waals surface area contributed by atoms with Crippen molar-refractivity contribution in [3.05, 3.63) is 54.1 Å². The highest BCUT2D eigenvalue weighted by Gasteiger charge is 2.18. The Morgan fingerprint density at radius 1 is 1.00 bits per heavy atom. The van der Waals surface area contributed by atoms with Gasteiger partial charge in [-0.3, -0.25) is 4.79 Å². The van der Waals surface area contributed by atoms with Crippen molar-refractivity contribution in [1.82, 2.24) is 4.72 Å². The van der Waals surface area contributed by atoms with Crippen LogP contribution in [0.5, 0.6) is 0 Å². The third kappa shape index (κ3) is 4.67. The molecule has 144 valence electrons. The number of benzene rings is 2. The Bertz CT molecular complexity index is 902. The molecule has 1 amide bonds. The Morgan fingerprint density at radius 2 is 1.63 bits per heavy atom. The van der Waals surface area contributed by atoms with Gasteiger partial charge in [0.2, 0.25) is 10.0 Å². The summed E-state index contributed by atoms with van der Waals surface area (Å²) >= 11 is 0. The molecule has 1 heterocycles. The molecule has 0 bridgehead atoms. The minimum atomic E-state index is -3.57. The van der Waals surface area contributed by atoms with Crippen molar-refractivity contribution in [1.29, 1.82) is 0 Å². The SMILES string of the molecule is CC(C)NS(=O)(=O)c1ccc(C(=O)Nc2ccccc2N2CCCC2)cc1. The fourth-order valence-corrected chi connectivity index (χ4v) is 4.42. The first-order chi connectivity index (χ1) is 12.9. The molecule has 27 heavy (non-hydrogen) atoms. The third-order valence-electron chi connectivity index (χ3n) is 4.42. The molecule has 6 nitrogen and oxygen atoms in total. The molecule has 0 atom stereocenters. The second-order valence-corrected chi connectivity index (χ2v) is 8.68. The van der Waals surface area contributed by atoms with Gasteiger partial charge in [0.1, 0.15) is 0 Å². The second kappa shape index (κ2) is 8.10. The molecule has 2 aromatic rings. The summed E-state index contributed by atoms with van der Waals surface area (Å²) in [5.74, 6) is -0.262. The molecule has 1 aliphatic rings. The lowest BCUT2D eigenvalue weighted by molar-refractivity contribution is 0.102. The molecule has 0 saturated carbocycles. The van der Waals surface area contributed by atoms with E-state index in [0.717, 1.165) is 37.3 Å². The van der Waals surface area contributed by atoms with Crippen LogP contribution in [-0.2, 0) is 10.0 Å². The van der Waals surface area contributed by atoms with E-state index in [1.807, 2.05) is 24.3 Å². The second-order valence-electron chi connectivity index (χ2n) is 6.97. The molecule has 0 spiro atoms. The van der Waals surface area contributed by atoms with Gasteiger partial charge in [0.05, 0.1) is 16.3 Å². The van der Waals surface area contributed by atoms with Gasteiger partial charge < -0.3 is 10.2 Å². The number of hydrogen-bond donors (Lipinski definition) is 2. The highest BCUT2D eigenvalue weighted by atomic mass is 32.2. The van der Waals surface area contributed by atoms with Crippen LogP contribution < -0.4 is 14.9 Å². The van der Waals surface area contributed by atoms with Gasteiger partial charge in [-0.2, -0.15) is 0 Å². The van der Waals surface area contributed by atoms with Crippen LogP contribution in [0.25, 0.3) is 0 Å². The molecule has 0 radical (unpaired) electrons. The first kappa shape index (κ1) is 19.4. The van der Waals surface area contributed by atoms with E-state index in [4.69, 9.17) is 0 Å². The van der Waals surface area contributed by atoms with Crippen LogP contribution in [0.15, 0.2) is 53.4 Å². The zero-order chi connectivity index (χ0) is 19.4. The number of carbonyl (C=O) groups excluding carboxylic acids is 1. The molecule has 3 rings (SSSR count). The summed E-state index contributed by atoms with van der Waals surface area (Å²) in [5.41, 5.74) is 2.20. The van der Waals surface area contributed by atoms with Gasteiger partial charge in [-0.05, 0) is 63.1 Å². The number of sulfonamides is 1. The van der Waals surface area contributed by atoms with Crippen LogP contribution in [0.4, 0.5) is 11.4 Å². The van der Waals surface area contributed by atoms with Crippen LogP contribution in [0.2, 0.25) is 0 Å². The quantitative estimate of drug-likeness (QED) is 0.798. The van der Waals surface area contributed by atoms with Crippen molar-refractivity contribution in [2.45, 2.75) is 37.6 Å². The standard InChI is InChI=1S/C20H25N3O3S/c1-15(2)22-27(25,26)17-11-9-16(10-12-17)20(24)21-18-7-3-4-8-19(18)23-13-5-6-14-23/h3-4,7-12,15,22H,5-6,13-14H2,1-2H3,(H,21,24). The van der Waals surface area contributed by atoms with Crippen molar-refractivity contribution in [2.75, 3.05) is 23.3 Å². The molecule has 1 saturated heterocycles. The lowest BCUT2D eigenvalue weighted by Crippen LogP contribution is -2.30. The minimum Gasteiger partial charge on any atom is -0.370 e. The van der Waals surface area contributed by atoms with Crippen LogP contribution in [0.3, 0.4) is 0 Å². The molecule has 2 aromatic carbocycles. The van der Waals surface area contributed by atoms with Crippen molar-refractivity contribution >= 4 is 27.3 Å². The third-order valence-corrected chi connectivity index (χ3v) is 6.09. The number of para-hydroxylation sites is 2. The van der Waals surface area contributed by atoms with Gasteiger partial charge >= 0.3 is 0 Å². The summed E-state index contributed by atoms with van der Waals surface area (Å²) in [6.45, 7) is 5.50.